The zero-order chi connectivity index (χ0) is 14.0. The van der Waals surface area contributed by atoms with Gasteiger partial charge < -0.3 is 4.90 Å². The van der Waals surface area contributed by atoms with Crippen molar-refractivity contribution in [3.8, 4) is 0 Å². The van der Waals surface area contributed by atoms with Crippen molar-refractivity contribution in [3.05, 3.63) is 28.7 Å². The maximum absolute atomic E-state index is 12.0. The van der Waals surface area contributed by atoms with Gasteiger partial charge in [-0.2, -0.15) is 0 Å². The fourth-order valence-corrected chi connectivity index (χ4v) is 4.30. The molecule has 1 heterocycles. The number of hydrogen-bond donors (Lipinski definition) is 0. The lowest BCUT2D eigenvalue weighted by molar-refractivity contribution is -0.116. The highest BCUT2D eigenvalue weighted by molar-refractivity contribution is 9.10. The molecular formula is C12H13BrClNO3S. The van der Waals surface area contributed by atoms with Crippen LogP contribution < -0.4 is 4.90 Å². The van der Waals surface area contributed by atoms with E-state index in [1.54, 1.807) is 12.1 Å². The highest BCUT2D eigenvalue weighted by Crippen LogP contribution is 2.26. The Morgan fingerprint density at radius 3 is 2.47 bits per heavy atom. The van der Waals surface area contributed by atoms with E-state index in [1.165, 1.54) is 4.90 Å². The Kier molecular flexibility index (Phi) is 4.53. The lowest BCUT2D eigenvalue weighted by Gasteiger charge is -2.27. The summed E-state index contributed by atoms with van der Waals surface area (Å²) in [6, 6.07) is 6.86. The molecule has 104 valence electrons. The molecule has 0 saturated carbocycles. The molecule has 1 unspecified atom stereocenters. The van der Waals surface area contributed by atoms with Gasteiger partial charge in [0, 0.05) is 10.2 Å². The summed E-state index contributed by atoms with van der Waals surface area (Å²) in [5.41, 5.74) is 0.677. The first kappa shape index (κ1) is 14.8. The van der Waals surface area contributed by atoms with Crippen molar-refractivity contribution >= 4 is 49.0 Å². The number of halogens is 2. The molecule has 1 aliphatic heterocycles. The molecule has 1 aromatic rings. The average molecular weight is 367 g/mol. The highest BCUT2D eigenvalue weighted by atomic mass is 79.9. The van der Waals surface area contributed by atoms with Crippen LogP contribution in [0, 0.1) is 0 Å². The molecule has 1 aliphatic rings. The van der Waals surface area contributed by atoms with Gasteiger partial charge in [0.25, 0.3) is 0 Å². The molecule has 1 atom stereocenters. The zero-order valence-electron chi connectivity index (χ0n) is 10.1. The first-order valence-corrected chi connectivity index (χ1v) is 8.92. The van der Waals surface area contributed by atoms with Crippen LogP contribution in [0.2, 0.25) is 0 Å². The number of sulfone groups is 1. The van der Waals surface area contributed by atoms with E-state index in [9.17, 15) is 13.2 Å². The average Bonchev–Trinajstić information content (AvgIpc) is 2.72. The number of amides is 1. The number of alkyl halides is 1. The number of benzene rings is 1. The van der Waals surface area contributed by atoms with E-state index in [-0.39, 0.29) is 29.3 Å². The SMILES string of the molecule is O=C(CCl)N(c1ccc(Br)cc1)C1CCS(=O)(=O)C1. The first-order valence-electron chi connectivity index (χ1n) is 5.77. The van der Waals surface area contributed by atoms with Gasteiger partial charge in [-0.1, -0.05) is 15.9 Å². The molecule has 1 saturated heterocycles. The van der Waals surface area contributed by atoms with Gasteiger partial charge in [-0.15, -0.1) is 11.6 Å². The van der Waals surface area contributed by atoms with Crippen LogP contribution in [0.5, 0.6) is 0 Å². The van der Waals surface area contributed by atoms with Crippen molar-refractivity contribution in [1.82, 2.24) is 0 Å². The van der Waals surface area contributed by atoms with Gasteiger partial charge in [0.1, 0.15) is 5.88 Å². The van der Waals surface area contributed by atoms with Crippen LogP contribution >= 0.6 is 27.5 Å². The lowest BCUT2D eigenvalue weighted by atomic mass is 10.2. The monoisotopic (exact) mass is 365 g/mol. The molecule has 4 nitrogen and oxygen atoms in total. The van der Waals surface area contributed by atoms with Gasteiger partial charge in [0.05, 0.1) is 17.5 Å². The minimum Gasteiger partial charge on any atom is -0.307 e. The van der Waals surface area contributed by atoms with Crippen molar-refractivity contribution in [2.75, 3.05) is 22.3 Å². The van der Waals surface area contributed by atoms with Gasteiger partial charge >= 0.3 is 0 Å². The third kappa shape index (κ3) is 3.49. The number of rotatable bonds is 3. The van der Waals surface area contributed by atoms with Crippen LogP contribution in [0.3, 0.4) is 0 Å². The molecule has 1 aromatic carbocycles. The van der Waals surface area contributed by atoms with Crippen LogP contribution in [0.25, 0.3) is 0 Å². The smallest absolute Gasteiger partial charge is 0.242 e. The van der Waals surface area contributed by atoms with Crippen molar-refractivity contribution < 1.29 is 13.2 Å². The van der Waals surface area contributed by atoms with Crippen molar-refractivity contribution in [2.24, 2.45) is 0 Å². The van der Waals surface area contributed by atoms with Crippen molar-refractivity contribution in [3.63, 3.8) is 0 Å². The van der Waals surface area contributed by atoms with E-state index in [2.05, 4.69) is 15.9 Å². The topological polar surface area (TPSA) is 54.5 Å². The zero-order valence-corrected chi connectivity index (χ0v) is 13.2. The van der Waals surface area contributed by atoms with Gasteiger partial charge in [-0.3, -0.25) is 4.79 Å². The molecule has 19 heavy (non-hydrogen) atoms. The largest absolute Gasteiger partial charge is 0.307 e. The van der Waals surface area contributed by atoms with E-state index in [0.717, 1.165) is 4.47 Å². The first-order chi connectivity index (χ1) is 8.93. The predicted octanol–water partition coefficient (Wildman–Crippen LogP) is 2.21. The Morgan fingerprint density at radius 1 is 1.37 bits per heavy atom. The molecule has 1 amide bonds. The molecule has 7 heteroatoms. The molecule has 0 aromatic heterocycles. The normalized spacial score (nSPS) is 21.3. The second kappa shape index (κ2) is 5.81. The molecule has 0 bridgehead atoms. The maximum Gasteiger partial charge on any atom is 0.242 e. The number of carbonyl (C=O) groups is 1. The summed E-state index contributed by atoms with van der Waals surface area (Å²) in [5, 5.41) is 0. The Labute approximate surface area is 125 Å². The maximum atomic E-state index is 12.0. The van der Waals surface area contributed by atoms with Gasteiger partial charge in [0.2, 0.25) is 5.91 Å². The molecule has 2 rings (SSSR count). The van der Waals surface area contributed by atoms with Gasteiger partial charge in [-0.05, 0) is 30.7 Å². The Hall–Kier alpha value is -0.590. The van der Waals surface area contributed by atoms with Crippen LogP contribution in [0.15, 0.2) is 28.7 Å². The molecule has 0 spiro atoms. The summed E-state index contributed by atoms with van der Waals surface area (Å²) in [7, 11) is -3.04. The minimum absolute atomic E-state index is 0.00565. The van der Waals surface area contributed by atoms with E-state index in [0.29, 0.717) is 12.1 Å². The van der Waals surface area contributed by atoms with Crippen LogP contribution in [0.4, 0.5) is 5.69 Å². The number of hydrogen-bond acceptors (Lipinski definition) is 3. The van der Waals surface area contributed by atoms with Crippen LogP contribution in [0.1, 0.15) is 6.42 Å². The van der Waals surface area contributed by atoms with Crippen molar-refractivity contribution in [2.45, 2.75) is 12.5 Å². The highest BCUT2D eigenvalue weighted by Gasteiger charge is 2.35. The number of anilines is 1. The predicted molar refractivity (Wildman–Crippen MR) is 79.4 cm³/mol. The molecular weight excluding hydrogens is 354 g/mol. The fourth-order valence-electron chi connectivity index (χ4n) is 2.20. The summed E-state index contributed by atoms with van der Waals surface area (Å²) in [6.45, 7) is 0. The molecule has 0 aliphatic carbocycles. The quantitative estimate of drug-likeness (QED) is 0.771. The van der Waals surface area contributed by atoms with Crippen molar-refractivity contribution in [1.29, 1.82) is 0 Å². The summed E-state index contributed by atoms with van der Waals surface area (Å²) < 4.78 is 24.0. The standard InChI is InChI=1S/C12H13BrClNO3S/c13-9-1-3-10(4-2-9)15(12(16)7-14)11-5-6-19(17,18)8-11/h1-4,11H,5-8H2. The van der Waals surface area contributed by atoms with Gasteiger partial charge in [-0.25, -0.2) is 8.42 Å². The summed E-state index contributed by atoms with van der Waals surface area (Å²) in [5.74, 6) is -0.301. The Bertz CT molecular complexity index is 573. The lowest BCUT2D eigenvalue weighted by Crippen LogP contribution is -2.42. The van der Waals surface area contributed by atoms with Gasteiger partial charge in [0.15, 0.2) is 9.84 Å². The van der Waals surface area contributed by atoms with E-state index < -0.39 is 9.84 Å². The Balaban J connectivity index is 2.32. The molecule has 0 N–H and O–H groups in total. The number of nitrogens with zero attached hydrogens (tertiary/aromatic N) is 1. The second-order valence-corrected chi connectivity index (χ2v) is 7.84. The summed E-state index contributed by atoms with van der Waals surface area (Å²) in [6.07, 6.45) is 0.459. The van der Waals surface area contributed by atoms with E-state index in [4.69, 9.17) is 11.6 Å². The summed E-state index contributed by atoms with van der Waals surface area (Å²) in [4.78, 5) is 13.5. The van der Waals surface area contributed by atoms with E-state index in [1.807, 2.05) is 12.1 Å². The fraction of sp³-hybridized carbons (Fsp3) is 0.417. The summed E-state index contributed by atoms with van der Waals surface area (Å²) >= 11 is 8.95. The second-order valence-electron chi connectivity index (χ2n) is 4.43. The third-order valence-electron chi connectivity index (χ3n) is 3.06. The van der Waals surface area contributed by atoms with Crippen LogP contribution in [-0.2, 0) is 14.6 Å². The minimum atomic E-state index is -3.04. The van der Waals surface area contributed by atoms with E-state index >= 15 is 0 Å². The number of carbonyl (C=O) groups excluding carboxylic acids is 1. The molecule has 0 radical (unpaired) electrons. The third-order valence-corrected chi connectivity index (χ3v) is 5.57. The molecule has 1 fully saturated rings. The van der Waals surface area contributed by atoms with Crippen LogP contribution in [-0.4, -0.2) is 37.8 Å². The Morgan fingerprint density at radius 2 is 2.00 bits per heavy atom.